The molecule has 0 saturated carbocycles. The largest absolute Gasteiger partial charge is 0.360 e. The van der Waals surface area contributed by atoms with Crippen LogP contribution in [0.4, 0.5) is 10.1 Å². The van der Waals surface area contributed by atoms with E-state index in [-0.39, 0.29) is 11.7 Å². The Morgan fingerprint density at radius 1 is 1.11 bits per heavy atom. The summed E-state index contributed by atoms with van der Waals surface area (Å²) in [6.07, 6.45) is 0. The summed E-state index contributed by atoms with van der Waals surface area (Å²) < 4.78 is 13.0. The fourth-order valence-corrected chi connectivity index (χ4v) is 4.16. The van der Waals surface area contributed by atoms with Crippen molar-refractivity contribution in [2.24, 2.45) is 0 Å². The number of rotatable bonds is 8. The first-order valence-electron chi connectivity index (χ1n) is 9.84. The van der Waals surface area contributed by atoms with Crippen LogP contribution < -0.4 is 15.1 Å². The predicted molar refractivity (Wildman–Crippen MR) is 115 cm³/mol. The number of hydrogen-bond donors (Lipinski definition) is 2. The molecule has 150 valence electrons. The lowest BCUT2D eigenvalue weighted by Crippen LogP contribution is -3.16. The molecule has 3 rings (SSSR count). The SMILES string of the molecule is Cc1ccc(CSCCNC(=O)C[NH+]2CCN(c3ccc(F)cc3)CC2)cc1. The van der Waals surface area contributed by atoms with E-state index < -0.39 is 0 Å². The van der Waals surface area contributed by atoms with Crippen LogP contribution >= 0.6 is 11.8 Å². The van der Waals surface area contributed by atoms with Crippen LogP contribution in [-0.2, 0) is 10.5 Å². The molecule has 0 atom stereocenters. The number of quaternary nitrogens is 1. The van der Waals surface area contributed by atoms with Gasteiger partial charge in [0.25, 0.3) is 5.91 Å². The molecule has 1 saturated heterocycles. The number of anilines is 1. The number of nitrogens with one attached hydrogen (secondary N) is 2. The molecule has 0 unspecified atom stereocenters. The summed E-state index contributed by atoms with van der Waals surface area (Å²) in [5, 5.41) is 3.04. The summed E-state index contributed by atoms with van der Waals surface area (Å²) in [7, 11) is 0. The predicted octanol–water partition coefficient (Wildman–Crippen LogP) is 1.89. The monoisotopic (exact) mass is 402 g/mol. The van der Waals surface area contributed by atoms with Gasteiger partial charge in [-0.15, -0.1) is 0 Å². The highest BCUT2D eigenvalue weighted by atomic mass is 32.2. The Morgan fingerprint density at radius 3 is 2.46 bits per heavy atom. The van der Waals surface area contributed by atoms with E-state index in [1.165, 1.54) is 28.2 Å². The molecule has 0 aliphatic carbocycles. The van der Waals surface area contributed by atoms with Crippen molar-refractivity contribution < 1.29 is 14.1 Å². The molecule has 1 fully saturated rings. The molecule has 0 radical (unpaired) electrons. The van der Waals surface area contributed by atoms with E-state index in [0.717, 1.165) is 43.4 Å². The highest BCUT2D eigenvalue weighted by Gasteiger charge is 2.22. The summed E-state index contributed by atoms with van der Waals surface area (Å²) in [5.74, 6) is 1.82. The van der Waals surface area contributed by atoms with Gasteiger partial charge in [-0.05, 0) is 36.8 Å². The molecular weight excluding hydrogens is 373 g/mol. The van der Waals surface area contributed by atoms with Crippen LogP contribution in [0.15, 0.2) is 48.5 Å². The van der Waals surface area contributed by atoms with E-state index in [2.05, 4.69) is 41.4 Å². The fourth-order valence-electron chi connectivity index (χ4n) is 3.34. The van der Waals surface area contributed by atoms with E-state index in [1.807, 2.05) is 23.9 Å². The maximum absolute atomic E-state index is 13.0. The number of piperazine rings is 1. The van der Waals surface area contributed by atoms with Crippen molar-refractivity contribution in [3.63, 3.8) is 0 Å². The van der Waals surface area contributed by atoms with Gasteiger partial charge in [-0.2, -0.15) is 11.8 Å². The second-order valence-electron chi connectivity index (χ2n) is 7.28. The molecule has 2 aromatic carbocycles. The van der Waals surface area contributed by atoms with E-state index in [0.29, 0.717) is 13.1 Å². The summed E-state index contributed by atoms with van der Waals surface area (Å²) in [6, 6.07) is 15.2. The molecule has 2 N–H and O–H groups in total. The Morgan fingerprint density at radius 2 is 1.79 bits per heavy atom. The molecule has 0 spiro atoms. The molecule has 6 heteroatoms. The van der Waals surface area contributed by atoms with Gasteiger partial charge in [-0.25, -0.2) is 4.39 Å². The lowest BCUT2D eigenvalue weighted by atomic mass is 10.2. The van der Waals surface area contributed by atoms with Crippen LogP contribution in [0, 0.1) is 12.7 Å². The molecule has 1 aliphatic heterocycles. The Hall–Kier alpha value is -2.05. The lowest BCUT2D eigenvalue weighted by molar-refractivity contribution is -0.892. The standard InChI is InChI=1S/C22H28FN3OS/c1-18-2-4-19(5-3-18)17-28-15-10-24-22(27)16-25-11-13-26(14-12-25)21-8-6-20(23)7-9-21/h2-9H,10-17H2,1H3,(H,24,27)/p+1. The van der Waals surface area contributed by atoms with Gasteiger partial charge in [-0.1, -0.05) is 29.8 Å². The van der Waals surface area contributed by atoms with Gasteiger partial charge in [0.1, 0.15) is 5.82 Å². The second kappa shape index (κ2) is 10.5. The van der Waals surface area contributed by atoms with Gasteiger partial charge >= 0.3 is 0 Å². The highest BCUT2D eigenvalue weighted by Crippen LogP contribution is 2.14. The van der Waals surface area contributed by atoms with Crippen molar-refractivity contribution in [2.45, 2.75) is 12.7 Å². The van der Waals surface area contributed by atoms with Crippen molar-refractivity contribution in [1.29, 1.82) is 0 Å². The number of hydrogen-bond acceptors (Lipinski definition) is 3. The van der Waals surface area contributed by atoms with Gasteiger partial charge in [0, 0.05) is 23.7 Å². The van der Waals surface area contributed by atoms with Gasteiger partial charge < -0.3 is 15.1 Å². The summed E-state index contributed by atoms with van der Waals surface area (Å²) in [4.78, 5) is 15.7. The van der Waals surface area contributed by atoms with Gasteiger partial charge in [-0.3, -0.25) is 4.79 Å². The first kappa shape index (κ1) is 20.7. The van der Waals surface area contributed by atoms with Crippen LogP contribution in [0.5, 0.6) is 0 Å². The van der Waals surface area contributed by atoms with Crippen LogP contribution in [0.25, 0.3) is 0 Å². The quantitative estimate of drug-likeness (QED) is 0.662. The number of aryl methyl sites for hydroxylation is 1. The second-order valence-corrected chi connectivity index (χ2v) is 8.38. The van der Waals surface area contributed by atoms with Crippen molar-refractivity contribution in [2.75, 3.05) is 49.9 Å². The molecule has 1 heterocycles. The Kier molecular flexibility index (Phi) is 7.74. The minimum atomic E-state index is -0.207. The molecule has 4 nitrogen and oxygen atoms in total. The fraction of sp³-hybridized carbons (Fsp3) is 0.409. The number of benzene rings is 2. The molecule has 0 bridgehead atoms. The number of carbonyl (C=O) groups excluding carboxylic acids is 1. The summed E-state index contributed by atoms with van der Waals surface area (Å²) >= 11 is 1.84. The first-order chi connectivity index (χ1) is 13.6. The van der Waals surface area contributed by atoms with Crippen LogP contribution in [-0.4, -0.2) is 50.9 Å². The smallest absolute Gasteiger partial charge is 0.275 e. The molecule has 2 aromatic rings. The minimum absolute atomic E-state index is 0.126. The maximum Gasteiger partial charge on any atom is 0.275 e. The van der Waals surface area contributed by atoms with Crippen molar-refractivity contribution in [3.05, 3.63) is 65.5 Å². The molecule has 1 aliphatic rings. The average molecular weight is 403 g/mol. The van der Waals surface area contributed by atoms with Crippen LogP contribution in [0.3, 0.4) is 0 Å². The van der Waals surface area contributed by atoms with E-state index in [4.69, 9.17) is 0 Å². The highest BCUT2D eigenvalue weighted by molar-refractivity contribution is 7.98. The molecule has 28 heavy (non-hydrogen) atoms. The van der Waals surface area contributed by atoms with Gasteiger partial charge in [0.2, 0.25) is 0 Å². The van der Waals surface area contributed by atoms with Gasteiger partial charge in [0.05, 0.1) is 26.2 Å². The Labute approximate surface area is 171 Å². The van der Waals surface area contributed by atoms with Crippen LogP contribution in [0.2, 0.25) is 0 Å². The molecule has 0 aromatic heterocycles. The number of halogens is 1. The number of carbonyl (C=O) groups is 1. The average Bonchev–Trinajstić information content (AvgIpc) is 2.70. The van der Waals surface area contributed by atoms with Crippen molar-refractivity contribution >= 4 is 23.4 Å². The maximum atomic E-state index is 13.0. The first-order valence-corrected chi connectivity index (χ1v) is 11.0. The molecule has 1 amide bonds. The third kappa shape index (κ3) is 6.53. The third-order valence-electron chi connectivity index (χ3n) is 5.03. The van der Waals surface area contributed by atoms with E-state index >= 15 is 0 Å². The van der Waals surface area contributed by atoms with Gasteiger partial charge in [0.15, 0.2) is 6.54 Å². The molecular formula is C22H29FN3OS+. The number of thioether (sulfide) groups is 1. The van der Waals surface area contributed by atoms with Crippen molar-refractivity contribution in [3.8, 4) is 0 Å². The Bertz CT molecular complexity index is 743. The van der Waals surface area contributed by atoms with Crippen molar-refractivity contribution in [1.82, 2.24) is 5.32 Å². The Balaban J connectivity index is 1.28. The zero-order valence-corrected chi connectivity index (χ0v) is 17.2. The normalized spacial score (nSPS) is 14.9. The van der Waals surface area contributed by atoms with E-state index in [1.54, 1.807) is 0 Å². The topological polar surface area (TPSA) is 36.8 Å². The van der Waals surface area contributed by atoms with E-state index in [9.17, 15) is 9.18 Å². The lowest BCUT2D eigenvalue weighted by Gasteiger charge is -2.33. The van der Waals surface area contributed by atoms with Crippen LogP contribution in [0.1, 0.15) is 11.1 Å². The summed E-state index contributed by atoms with van der Waals surface area (Å²) in [6.45, 7) is 6.96. The zero-order chi connectivity index (χ0) is 19.8. The third-order valence-corrected chi connectivity index (χ3v) is 6.06. The zero-order valence-electron chi connectivity index (χ0n) is 16.4. The summed E-state index contributed by atoms with van der Waals surface area (Å²) in [5.41, 5.74) is 3.66. The number of nitrogens with zero attached hydrogens (tertiary/aromatic N) is 1. The number of amides is 1. The minimum Gasteiger partial charge on any atom is -0.360 e.